The second kappa shape index (κ2) is 7.57. The highest BCUT2D eigenvalue weighted by Gasteiger charge is 2.06. The van der Waals surface area contributed by atoms with Crippen LogP contribution in [0.4, 0.5) is 0 Å². The van der Waals surface area contributed by atoms with Gasteiger partial charge in [0, 0.05) is 10.0 Å². The van der Waals surface area contributed by atoms with Crippen molar-refractivity contribution in [1.82, 2.24) is 20.6 Å². The number of aromatic nitrogens is 3. The van der Waals surface area contributed by atoms with E-state index in [9.17, 15) is 9.90 Å². The molecule has 0 bridgehead atoms. The standard InChI is InChI=1S/C11H9Br2N5O2S/c12-7-1-6(10(20)8(13)2-7)3-15-17-9(19)4-21-11-14-5-16-18-11/h1-3,5,20H,4H2,(H,17,19)(H,14,16,18). The molecule has 0 unspecified atom stereocenters. The molecule has 0 saturated heterocycles. The van der Waals surface area contributed by atoms with Gasteiger partial charge in [-0.3, -0.25) is 9.89 Å². The Morgan fingerprint density at radius 3 is 3.05 bits per heavy atom. The van der Waals surface area contributed by atoms with Crippen LogP contribution in [0.3, 0.4) is 0 Å². The molecule has 2 aromatic rings. The molecule has 110 valence electrons. The van der Waals surface area contributed by atoms with Gasteiger partial charge in [-0.05, 0) is 28.1 Å². The van der Waals surface area contributed by atoms with Crippen LogP contribution in [-0.4, -0.2) is 38.2 Å². The second-order valence-electron chi connectivity index (χ2n) is 3.70. The number of amides is 1. The maximum atomic E-state index is 11.6. The second-order valence-corrected chi connectivity index (χ2v) is 6.43. The molecule has 10 heteroatoms. The van der Waals surface area contributed by atoms with E-state index in [4.69, 9.17) is 0 Å². The maximum Gasteiger partial charge on any atom is 0.250 e. The molecule has 0 aliphatic carbocycles. The highest BCUT2D eigenvalue weighted by molar-refractivity contribution is 9.11. The number of hydrazone groups is 1. The Balaban J connectivity index is 1.89. The third kappa shape index (κ3) is 4.83. The van der Waals surface area contributed by atoms with Crippen molar-refractivity contribution < 1.29 is 9.90 Å². The van der Waals surface area contributed by atoms with Crippen molar-refractivity contribution in [2.45, 2.75) is 5.16 Å². The van der Waals surface area contributed by atoms with Gasteiger partial charge in [0.1, 0.15) is 12.1 Å². The van der Waals surface area contributed by atoms with E-state index in [1.807, 2.05) is 0 Å². The van der Waals surface area contributed by atoms with E-state index in [1.165, 1.54) is 24.3 Å². The zero-order valence-corrected chi connectivity index (χ0v) is 14.4. The smallest absolute Gasteiger partial charge is 0.250 e. The van der Waals surface area contributed by atoms with E-state index >= 15 is 0 Å². The van der Waals surface area contributed by atoms with Gasteiger partial charge in [-0.25, -0.2) is 10.4 Å². The van der Waals surface area contributed by atoms with E-state index in [-0.39, 0.29) is 17.4 Å². The lowest BCUT2D eigenvalue weighted by Gasteiger charge is -2.03. The van der Waals surface area contributed by atoms with Crippen LogP contribution in [0.25, 0.3) is 0 Å². The van der Waals surface area contributed by atoms with E-state index in [0.717, 1.165) is 4.47 Å². The van der Waals surface area contributed by atoms with Crippen LogP contribution < -0.4 is 5.43 Å². The van der Waals surface area contributed by atoms with Crippen molar-refractivity contribution >= 4 is 55.7 Å². The number of phenolic OH excluding ortho intramolecular Hbond substituents is 1. The molecule has 0 spiro atoms. The molecule has 0 fully saturated rings. The molecule has 2 rings (SSSR count). The fraction of sp³-hybridized carbons (Fsp3) is 0.0909. The highest BCUT2D eigenvalue weighted by atomic mass is 79.9. The lowest BCUT2D eigenvalue weighted by atomic mass is 10.2. The van der Waals surface area contributed by atoms with Crippen molar-refractivity contribution in [3.8, 4) is 5.75 Å². The summed E-state index contributed by atoms with van der Waals surface area (Å²) in [5.74, 6) is -0.0887. The first-order valence-corrected chi connectivity index (χ1v) is 8.11. The topological polar surface area (TPSA) is 103 Å². The van der Waals surface area contributed by atoms with Gasteiger partial charge in [0.05, 0.1) is 16.4 Å². The summed E-state index contributed by atoms with van der Waals surface area (Å²) in [6.07, 6.45) is 2.73. The van der Waals surface area contributed by atoms with E-state index in [1.54, 1.807) is 12.1 Å². The number of rotatable bonds is 5. The normalized spacial score (nSPS) is 11.0. The number of carbonyl (C=O) groups is 1. The molecule has 0 aliphatic rings. The van der Waals surface area contributed by atoms with Crippen LogP contribution in [0.15, 0.2) is 37.7 Å². The van der Waals surface area contributed by atoms with Crippen LogP contribution in [0, 0.1) is 0 Å². The molecule has 0 saturated carbocycles. The van der Waals surface area contributed by atoms with Crippen molar-refractivity contribution in [3.63, 3.8) is 0 Å². The minimum absolute atomic E-state index is 0.0484. The number of benzene rings is 1. The Labute approximate surface area is 140 Å². The Hall–Kier alpha value is -1.39. The lowest BCUT2D eigenvalue weighted by molar-refractivity contribution is -0.118. The maximum absolute atomic E-state index is 11.6. The SMILES string of the molecule is O=C(CSc1ncn[nH]1)NN=Cc1cc(Br)cc(Br)c1O. The van der Waals surface area contributed by atoms with Gasteiger partial charge >= 0.3 is 0 Å². The molecular weight excluding hydrogens is 426 g/mol. The molecular formula is C11H9Br2N5O2S. The van der Waals surface area contributed by atoms with E-state index in [2.05, 4.69) is 57.6 Å². The molecule has 3 N–H and O–H groups in total. The molecule has 21 heavy (non-hydrogen) atoms. The fourth-order valence-corrected chi connectivity index (χ4v) is 3.12. The number of carbonyl (C=O) groups excluding carboxylic acids is 1. The van der Waals surface area contributed by atoms with Gasteiger partial charge in [0.15, 0.2) is 5.16 Å². The Kier molecular flexibility index (Phi) is 5.76. The van der Waals surface area contributed by atoms with Gasteiger partial charge in [-0.2, -0.15) is 10.2 Å². The van der Waals surface area contributed by atoms with Crippen LogP contribution in [0.5, 0.6) is 5.75 Å². The van der Waals surface area contributed by atoms with Crippen LogP contribution >= 0.6 is 43.6 Å². The summed E-state index contributed by atoms with van der Waals surface area (Å²) in [6.45, 7) is 0. The number of H-pyrrole nitrogens is 1. The summed E-state index contributed by atoms with van der Waals surface area (Å²) < 4.78 is 1.31. The number of aromatic amines is 1. The van der Waals surface area contributed by atoms with Crippen molar-refractivity contribution in [1.29, 1.82) is 0 Å². The molecule has 0 atom stereocenters. The predicted octanol–water partition coefficient (Wildman–Crippen LogP) is 2.28. The summed E-state index contributed by atoms with van der Waals surface area (Å²) in [5.41, 5.74) is 2.84. The zero-order valence-electron chi connectivity index (χ0n) is 10.4. The average Bonchev–Trinajstić information content (AvgIpc) is 2.95. The quantitative estimate of drug-likeness (QED) is 0.380. The first kappa shape index (κ1) is 16.0. The average molecular weight is 435 g/mol. The summed E-state index contributed by atoms with van der Waals surface area (Å²) in [4.78, 5) is 15.4. The third-order valence-corrected chi connectivity index (χ3v) is 4.12. The number of nitrogens with one attached hydrogen (secondary N) is 2. The van der Waals surface area contributed by atoms with E-state index < -0.39 is 0 Å². The number of aromatic hydroxyl groups is 1. The summed E-state index contributed by atoms with van der Waals surface area (Å²) in [7, 11) is 0. The van der Waals surface area contributed by atoms with Gasteiger partial charge in [-0.15, -0.1) is 0 Å². The Bertz CT molecular complexity index is 663. The van der Waals surface area contributed by atoms with Gasteiger partial charge < -0.3 is 5.11 Å². The van der Waals surface area contributed by atoms with Crippen molar-refractivity contribution in [3.05, 3.63) is 33.0 Å². The summed E-state index contributed by atoms with van der Waals surface area (Å²) >= 11 is 7.73. The number of thioether (sulfide) groups is 1. The monoisotopic (exact) mass is 433 g/mol. The largest absolute Gasteiger partial charge is 0.506 e. The number of phenols is 1. The minimum Gasteiger partial charge on any atom is -0.506 e. The van der Waals surface area contributed by atoms with Crippen LogP contribution in [-0.2, 0) is 4.79 Å². The minimum atomic E-state index is -0.291. The van der Waals surface area contributed by atoms with Gasteiger partial charge in [-0.1, -0.05) is 27.7 Å². The van der Waals surface area contributed by atoms with Crippen LogP contribution in [0.1, 0.15) is 5.56 Å². The van der Waals surface area contributed by atoms with Crippen molar-refractivity contribution in [2.75, 3.05) is 5.75 Å². The first-order valence-electron chi connectivity index (χ1n) is 5.54. The molecule has 1 aromatic heterocycles. The number of halogens is 2. The molecule has 0 aliphatic heterocycles. The number of hydrogen-bond acceptors (Lipinski definition) is 6. The highest BCUT2D eigenvalue weighted by Crippen LogP contribution is 2.30. The predicted molar refractivity (Wildman–Crippen MR) is 86.4 cm³/mol. The van der Waals surface area contributed by atoms with Gasteiger partial charge in [0.25, 0.3) is 5.91 Å². The summed E-state index contributed by atoms with van der Waals surface area (Å²) in [5, 5.41) is 20.5. The molecule has 1 heterocycles. The Morgan fingerprint density at radius 1 is 1.52 bits per heavy atom. The molecule has 1 amide bonds. The zero-order chi connectivity index (χ0) is 15.2. The third-order valence-electron chi connectivity index (χ3n) is 2.18. The Morgan fingerprint density at radius 2 is 2.33 bits per heavy atom. The number of hydrogen-bond donors (Lipinski definition) is 3. The van der Waals surface area contributed by atoms with E-state index in [0.29, 0.717) is 15.2 Å². The van der Waals surface area contributed by atoms with Crippen LogP contribution in [0.2, 0.25) is 0 Å². The molecule has 7 nitrogen and oxygen atoms in total. The van der Waals surface area contributed by atoms with Gasteiger partial charge in [0.2, 0.25) is 0 Å². The first-order chi connectivity index (χ1) is 10.1. The fourth-order valence-electron chi connectivity index (χ4n) is 1.29. The molecule has 0 radical (unpaired) electrons. The number of nitrogens with zero attached hydrogens (tertiary/aromatic N) is 3. The molecule has 1 aromatic carbocycles. The summed E-state index contributed by atoms with van der Waals surface area (Å²) in [6, 6.07) is 3.39. The van der Waals surface area contributed by atoms with Crippen molar-refractivity contribution in [2.24, 2.45) is 5.10 Å². The lowest BCUT2D eigenvalue weighted by Crippen LogP contribution is -2.19.